The van der Waals surface area contributed by atoms with Crippen LogP contribution in [0.3, 0.4) is 0 Å². The van der Waals surface area contributed by atoms with Crippen molar-refractivity contribution in [3.63, 3.8) is 0 Å². The Morgan fingerprint density at radius 2 is 1.50 bits per heavy atom. The van der Waals surface area contributed by atoms with E-state index in [1.165, 1.54) is 12.5 Å². The van der Waals surface area contributed by atoms with Crippen molar-refractivity contribution in [3.8, 4) is 0 Å². The first-order chi connectivity index (χ1) is 5.43. The van der Waals surface area contributed by atoms with Crippen LogP contribution < -0.4 is 9.96 Å². The molecular formula is C9H24N2Si. The normalized spacial score (nSPS) is 13.5. The summed E-state index contributed by atoms with van der Waals surface area (Å²) in [5, 5.41) is 0.381. The van der Waals surface area contributed by atoms with Crippen molar-refractivity contribution in [2.45, 2.75) is 45.2 Å². The summed E-state index contributed by atoms with van der Waals surface area (Å²) in [5.41, 5.74) is 0. The topological polar surface area (TPSA) is 24.1 Å². The molecule has 0 spiro atoms. The molecule has 3 heteroatoms. The molecule has 74 valence electrons. The minimum atomic E-state index is -1.45. The van der Waals surface area contributed by atoms with Crippen LogP contribution in [0.5, 0.6) is 0 Å². The lowest BCUT2D eigenvalue weighted by Gasteiger charge is -2.41. The van der Waals surface area contributed by atoms with Gasteiger partial charge in [0.05, 0.1) is 0 Å². The van der Waals surface area contributed by atoms with Crippen molar-refractivity contribution in [1.82, 2.24) is 9.96 Å². The van der Waals surface area contributed by atoms with Crippen LogP contribution in [0.25, 0.3) is 0 Å². The van der Waals surface area contributed by atoms with Crippen LogP contribution in [0.15, 0.2) is 0 Å². The summed E-state index contributed by atoms with van der Waals surface area (Å²) >= 11 is 0. The van der Waals surface area contributed by atoms with Gasteiger partial charge < -0.3 is 9.96 Å². The van der Waals surface area contributed by atoms with Gasteiger partial charge in [0, 0.05) is 0 Å². The Kier molecular flexibility index (Phi) is 4.44. The van der Waals surface area contributed by atoms with E-state index in [0.717, 1.165) is 0 Å². The molecule has 0 atom stereocenters. The van der Waals surface area contributed by atoms with Gasteiger partial charge in [0.15, 0.2) is 0 Å². The molecular weight excluding hydrogens is 164 g/mol. The summed E-state index contributed by atoms with van der Waals surface area (Å²) in [4.78, 5) is 7.07. The number of nitrogens with one attached hydrogen (secondary N) is 2. The Balaban J connectivity index is 4.57. The first kappa shape index (κ1) is 12.1. The summed E-state index contributed by atoms with van der Waals surface area (Å²) in [6.07, 6.45) is 1.26. The summed E-state index contributed by atoms with van der Waals surface area (Å²) in [6, 6.07) is 1.30. The second kappa shape index (κ2) is 4.39. The highest BCUT2D eigenvalue weighted by Gasteiger charge is 2.41. The quantitative estimate of drug-likeness (QED) is 0.660. The van der Waals surface area contributed by atoms with Gasteiger partial charge in [-0.3, -0.25) is 0 Å². The van der Waals surface area contributed by atoms with Crippen molar-refractivity contribution >= 4 is 8.40 Å². The molecule has 0 aliphatic rings. The predicted octanol–water partition coefficient (Wildman–Crippen LogP) is 2.08. The standard InChI is InChI=1S/C9H24N2Si/c1-7-8-12(10-5,11-6)9(2,3)4/h10-11H,7-8H2,1-6H3. The molecule has 0 amide bonds. The zero-order valence-corrected chi connectivity index (χ0v) is 10.4. The summed E-state index contributed by atoms with van der Waals surface area (Å²) in [5.74, 6) is 0. The lowest BCUT2D eigenvalue weighted by Crippen LogP contribution is -2.65. The molecule has 0 saturated carbocycles. The Morgan fingerprint density at radius 1 is 1.08 bits per heavy atom. The second-order valence-corrected chi connectivity index (χ2v) is 9.22. The highest BCUT2D eigenvalue weighted by molar-refractivity contribution is 6.77. The smallest absolute Gasteiger partial charge is 0.206 e. The third-order valence-corrected chi connectivity index (χ3v) is 8.28. The first-order valence-corrected chi connectivity index (χ1v) is 7.02. The van der Waals surface area contributed by atoms with E-state index in [2.05, 4.69) is 51.8 Å². The lowest BCUT2D eigenvalue weighted by atomic mass is 10.2. The zero-order chi connectivity index (χ0) is 9.83. The Labute approximate surface area is 78.3 Å². The van der Waals surface area contributed by atoms with E-state index in [9.17, 15) is 0 Å². The maximum absolute atomic E-state index is 3.53. The van der Waals surface area contributed by atoms with E-state index >= 15 is 0 Å². The fourth-order valence-corrected chi connectivity index (χ4v) is 5.62. The van der Waals surface area contributed by atoms with Crippen LogP contribution in [0.4, 0.5) is 0 Å². The Bertz CT molecular complexity index is 125. The van der Waals surface area contributed by atoms with E-state index < -0.39 is 8.40 Å². The number of hydrogen-bond acceptors (Lipinski definition) is 2. The molecule has 2 N–H and O–H groups in total. The Hall–Kier alpha value is 0.137. The molecule has 2 nitrogen and oxygen atoms in total. The van der Waals surface area contributed by atoms with Gasteiger partial charge in [-0.1, -0.05) is 34.1 Å². The van der Waals surface area contributed by atoms with Crippen molar-refractivity contribution in [1.29, 1.82) is 0 Å². The largest absolute Gasteiger partial charge is 0.328 e. The van der Waals surface area contributed by atoms with Gasteiger partial charge in [0.2, 0.25) is 8.40 Å². The maximum Gasteiger partial charge on any atom is 0.206 e. The SMILES string of the molecule is CCC[Si](NC)(NC)C(C)(C)C. The first-order valence-electron chi connectivity index (χ1n) is 4.81. The highest BCUT2D eigenvalue weighted by Crippen LogP contribution is 2.34. The molecule has 0 rings (SSSR count). The monoisotopic (exact) mass is 188 g/mol. The average molecular weight is 188 g/mol. The van der Waals surface area contributed by atoms with Gasteiger partial charge in [-0.2, -0.15) is 0 Å². The lowest BCUT2D eigenvalue weighted by molar-refractivity contribution is 0.655. The minimum Gasteiger partial charge on any atom is -0.328 e. The molecule has 0 aromatic rings. The van der Waals surface area contributed by atoms with Crippen LogP contribution >= 0.6 is 0 Å². The van der Waals surface area contributed by atoms with Crippen LogP contribution in [-0.4, -0.2) is 22.5 Å². The van der Waals surface area contributed by atoms with Gasteiger partial charge >= 0.3 is 0 Å². The molecule has 0 aromatic heterocycles. The molecule has 0 unspecified atom stereocenters. The van der Waals surface area contributed by atoms with E-state index in [1.54, 1.807) is 0 Å². The van der Waals surface area contributed by atoms with Crippen LogP contribution in [-0.2, 0) is 0 Å². The number of hydrogen-bond donors (Lipinski definition) is 2. The van der Waals surface area contributed by atoms with E-state index in [0.29, 0.717) is 5.04 Å². The fraction of sp³-hybridized carbons (Fsp3) is 1.00. The third kappa shape index (κ3) is 2.31. The molecule has 0 aliphatic carbocycles. The fourth-order valence-electron chi connectivity index (χ4n) is 1.88. The van der Waals surface area contributed by atoms with E-state index in [1.807, 2.05) is 0 Å². The van der Waals surface area contributed by atoms with Crippen LogP contribution in [0, 0.1) is 0 Å². The highest BCUT2D eigenvalue weighted by atomic mass is 28.3. The van der Waals surface area contributed by atoms with E-state index in [-0.39, 0.29) is 0 Å². The third-order valence-electron chi connectivity index (χ3n) is 2.76. The molecule has 0 bridgehead atoms. The van der Waals surface area contributed by atoms with Crippen molar-refractivity contribution < 1.29 is 0 Å². The molecule has 0 aromatic carbocycles. The molecule has 12 heavy (non-hydrogen) atoms. The average Bonchev–Trinajstić information content (AvgIpc) is 1.98. The minimum absolute atomic E-state index is 0.381. The van der Waals surface area contributed by atoms with Crippen molar-refractivity contribution in [3.05, 3.63) is 0 Å². The molecule has 0 aliphatic heterocycles. The van der Waals surface area contributed by atoms with Crippen molar-refractivity contribution in [2.75, 3.05) is 14.1 Å². The zero-order valence-electron chi connectivity index (χ0n) is 9.41. The summed E-state index contributed by atoms with van der Waals surface area (Å²) in [7, 11) is 2.73. The molecule has 0 saturated heterocycles. The van der Waals surface area contributed by atoms with Crippen molar-refractivity contribution in [2.24, 2.45) is 0 Å². The molecule has 0 heterocycles. The van der Waals surface area contributed by atoms with Gasteiger partial charge in [-0.25, -0.2) is 0 Å². The number of rotatable bonds is 4. The van der Waals surface area contributed by atoms with E-state index in [4.69, 9.17) is 0 Å². The summed E-state index contributed by atoms with van der Waals surface area (Å²) in [6.45, 7) is 9.22. The van der Waals surface area contributed by atoms with Crippen LogP contribution in [0.2, 0.25) is 11.1 Å². The maximum atomic E-state index is 3.53. The van der Waals surface area contributed by atoms with Gasteiger partial charge in [-0.05, 0) is 25.2 Å². The molecule has 0 fully saturated rings. The van der Waals surface area contributed by atoms with Crippen LogP contribution in [0.1, 0.15) is 34.1 Å². The molecule has 0 radical (unpaired) electrons. The predicted molar refractivity (Wildman–Crippen MR) is 58.7 cm³/mol. The summed E-state index contributed by atoms with van der Waals surface area (Å²) < 4.78 is 0. The Morgan fingerprint density at radius 3 is 1.58 bits per heavy atom. The van der Waals surface area contributed by atoms with Gasteiger partial charge in [0.1, 0.15) is 0 Å². The second-order valence-electron chi connectivity index (χ2n) is 4.41. The van der Waals surface area contributed by atoms with Gasteiger partial charge in [-0.15, -0.1) is 0 Å². The van der Waals surface area contributed by atoms with Gasteiger partial charge in [0.25, 0.3) is 0 Å².